The Hall–Kier alpha value is -1.53. The number of rotatable bonds is 5. The molecule has 0 fully saturated rings. The average Bonchev–Trinajstić information content (AvgIpc) is 2.38. The van der Waals surface area contributed by atoms with Gasteiger partial charge in [-0.25, -0.2) is 9.97 Å². The van der Waals surface area contributed by atoms with Crippen molar-refractivity contribution < 1.29 is 4.74 Å². The van der Waals surface area contributed by atoms with Crippen LogP contribution in [0.25, 0.3) is 0 Å². The first-order chi connectivity index (χ1) is 9.13. The second kappa shape index (κ2) is 6.58. The molecule has 0 spiro atoms. The Labute approximate surface area is 120 Å². The van der Waals surface area contributed by atoms with Gasteiger partial charge in [-0.05, 0) is 22.0 Å². The van der Waals surface area contributed by atoms with Gasteiger partial charge in [0.05, 0.1) is 6.20 Å². The van der Waals surface area contributed by atoms with Crippen LogP contribution in [-0.4, -0.2) is 21.0 Å². The first kappa shape index (κ1) is 13.9. The van der Waals surface area contributed by atoms with Gasteiger partial charge in [0.2, 0.25) is 0 Å². The highest BCUT2D eigenvalue weighted by atomic mass is 79.9. The van der Waals surface area contributed by atoms with Gasteiger partial charge >= 0.3 is 6.01 Å². The number of aromatic nitrogens is 3. The lowest BCUT2D eigenvalue weighted by Crippen LogP contribution is -2.21. The zero-order valence-corrected chi connectivity index (χ0v) is 12.4. The smallest absolute Gasteiger partial charge is 0.321 e. The number of nitrogens with zero attached hydrogens (tertiary/aromatic N) is 3. The van der Waals surface area contributed by atoms with E-state index in [1.807, 2.05) is 6.07 Å². The molecule has 2 aromatic heterocycles. The Bertz CT molecular complexity index is 530. The normalized spacial score (nSPS) is 10.7. The fourth-order valence-corrected chi connectivity index (χ4v) is 1.71. The van der Waals surface area contributed by atoms with Crippen molar-refractivity contribution >= 4 is 15.9 Å². The van der Waals surface area contributed by atoms with Crippen LogP contribution in [-0.2, 0) is 6.54 Å². The molecule has 0 aliphatic carbocycles. The Morgan fingerprint density at radius 2 is 1.95 bits per heavy atom. The van der Waals surface area contributed by atoms with Gasteiger partial charge in [0.1, 0.15) is 0 Å². The Morgan fingerprint density at radius 1 is 1.21 bits per heavy atom. The molecule has 0 saturated heterocycles. The van der Waals surface area contributed by atoms with E-state index >= 15 is 0 Å². The van der Waals surface area contributed by atoms with Crippen molar-refractivity contribution in [1.29, 1.82) is 0 Å². The Balaban J connectivity index is 1.98. The maximum atomic E-state index is 5.50. The van der Waals surface area contributed by atoms with E-state index < -0.39 is 0 Å². The summed E-state index contributed by atoms with van der Waals surface area (Å²) in [6.07, 6.45) is 6.81. The molecule has 0 radical (unpaired) electrons. The second-order valence-corrected chi connectivity index (χ2v) is 5.27. The molecule has 5 nitrogen and oxygen atoms in total. The highest BCUT2D eigenvalue weighted by Crippen LogP contribution is 2.20. The summed E-state index contributed by atoms with van der Waals surface area (Å²) in [7, 11) is 0. The average molecular weight is 323 g/mol. The topological polar surface area (TPSA) is 59.9 Å². The molecular weight excluding hydrogens is 308 g/mol. The van der Waals surface area contributed by atoms with Crippen LogP contribution >= 0.6 is 15.9 Å². The summed E-state index contributed by atoms with van der Waals surface area (Å²) in [5.41, 5.74) is 1.02. The minimum absolute atomic E-state index is 0.313. The maximum Gasteiger partial charge on any atom is 0.321 e. The minimum Gasteiger partial charge on any atom is -0.423 e. The zero-order chi connectivity index (χ0) is 13.7. The molecule has 2 heterocycles. The standard InChI is InChI=1S/C13H15BrN4O/c1-9(2)16-4-10-5-17-13(18-6-10)19-12-3-11(14)7-15-8-12/h3,5-9,16H,4H2,1-2H3. The van der Waals surface area contributed by atoms with E-state index in [2.05, 4.69) is 50.0 Å². The van der Waals surface area contributed by atoms with E-state index in [4.69, 9.17) is 4.74 Å². The SMILES string of the molecule is CC(C)NCc1cnc(Oc2cncc(Br)c2)nc1. The lowest BCUT2D eigenvalue weighted by molar-refractivity contribution is 0.438. The van der Waals surface area contributed by atoms with E-state index in [-0.39, 0.29) is 0 Å². The molecule has 0 aromatic carbocycles. The third kappa shape index (κ3) is 4.57. The molecule has 6 heteroatoms. The lowest BCUT2D eigenvalue weighted by Gasteiger charge is -2.08. The van der Waals surface area contributed by atoms with Crippen LogP contribution in [0.3, 0.4) is 0 Å². The van der Waals surface area contributed by atoms with Crippen LogP contribution in [0, 0.1) is 0 Å². The number of hydrogen-bond acceptors (Lipinski definition) is 5. The zero-order valence-electron chi connectivity index (χ0n) is 10.8. The van der Waals surface area contributed by atoms with Crippen LogP contribution in [0.4, 0.5) is 0 Å². The first-order valence-electron chi connectivity index (χ1n) is 5.96. The molecular formula is C13H15BrN4O. The van der Waals surface area contributed by atoms with Crippen LogP contribution in [0.1, 0.15) is 19.4 Å². The lowest BCUT2D eigenvalue weighted by atomic mass is 10.3. The summed E-state index contributed by atoms with van der Waals surface area (Å²) in [6, 6.07) is 2.56. The number of nitrogens with one attached hydrogen (secondary N) is 1. The van der Waals surface area contributed by atoms with Crippen molar-refractivity contribution in [3.63, 3.8) is 0 Å². The molecule has 0 bridgehead atoms. The maximum absolute atomic E-state index is 5.50. The summed E-state index contributed by atoms with van der Waals surface area (Å²) in [5.74, 6) is 0.599. The van der Waals surface area contributed by atoms with E-state index in [0.29, 0.717) is 17.8 Å². The largest absolute Gasteiger partial charge is 0.423 e. The quantitative estimate of drug-likeness (QED) is 0.917. The highest BCUT2D eigenvalue weighted by Gasteiger charge is 2.02. The summed E-state index contributed by atoms with van der Waals surface area (Å²) in [4.78, 5) is 12.3. The molecule has 2 aromatic rings. The predicted molar refractivity (Wildman–Crippen MR) is 76.0 cm³/mol. The van der Waals surface area contributed by atoms with E-state index in [1.54, 1.807) is 24.8 Å². The Morgan fingerprint density at radius 3 is 2.58 bits per heavy atom. The van der Waals surface area contributed by atoms with Gasteiger partial charge in [-0.1, -0.05) is 13.8 Å². The van der Waals surface area contributed by atoms with Gasteiger partial charge in [-0.3, -0.25) is 4.98 Å². The number of pyridine rings is 1. The van der Waals surface area contributed by atoms with Gasteiger partial charge in [0.15, 0.2) is 5.75 Å². The molecule has 0 saturated carbocycles. The molecule has 19 heavy (non-hydrogen) atoms. The van der Waals surface area contributed by atoms with E-state index in [9.17, 15) is 0 Å². The highest BCUT2D eigenvalue weighted by molar-refractivity contribution is 9.10. The van der Waals surface area contributed by atoms with Crippen LogP contribution in [0.15, 0.2) is 35.3 Å². The summed E-state index contributed by atoms with van der Waals surface area (Å²) in [6.45, 7) is 4.94. The predicted octanol–water partition coefficient (Wildman–Crippen LogP) is 2.92. The van der Waals surface area contributed by atoms with Gasteiger partial charge in [-0.2, -0.15) is 0 Å². The van der Waals surface area contributed by atoms with Gasteiger partial charge in [0, 0.05) is 41.2 Å². The van der Waals surface area contributed by atoms with E-state index in [1.165, 1.54) is 0 Å². The van der Waals surface area contributed by atoms with Crippen LogP contribution in [0.5, 0.6) is 11.8 Å². The van der Waals surface area contributed by atoms with Crippen molar-refractivity contribution in [2.75, 3.05) is 0 Å². The molecule has 0 amide bonds. The van der Waals surface area contributed by atoms with Crippen LogP contribution in [0.2, 0.25) is 0 Å². The van der Waals surface area contributed by atoms with Gasteiger partial charge in [0.25, 0.3) is 0 Å². The third-order valence-corrected chi connectivity index (χ3v) is 2.72. The van der Waals surface area contributed by atoms with Crippen molar-refractivity contribution in [3.05, 3.63) is 40.9 Å². The molecule has 0 unspecified atom stereocenters. The minimum atomic E-state index is 0.313. The summed E-state index contributed by atoms with van der Waals surface area (Å²) in [5, 5.41) is 3.30. The monoisotopic (exact) mass is 322 g/mol. The fraction of sp³-hybridized carbons (Fsp3) is 0.308. The molecule has 0 aliphatic rings. The van der Waals surface area contributed by atoms with Gasteiger partial charge < -0.3 is 10.1 Å². The number of ether oxygens (including phenoxy) is 1. The van der Waals surface area contributed by atoms with Gasteiger partial charge in [-0.15, -0.1) is 0 Å². The number of halogens is 1. The molecule has 0 aliphatic heterocycles. The molecule has 1 N–H and O–H groups in total. The first-order valence-corrected chi connectivity index (χ1v) is 6.75. The number of hydrogen-bond donors (Lipinski definition) is 1. The van der Waals surface area contributed by atoms with Crippen molar-refractivity contribution in [3.8, 4) is 11.8 Å². The van der Waals surface area contributed by atoms with Crippen molar-refractivity contribution in [2.45, 2.75) is 26.4 Å². The Kier molecular flexibility index (Phi) is 4.81. The summed E-state index contributed by atoms with van der Waals surface area (Å²) < 4.78 is 6.35. The second-order valence-electron chi connectivity index (χ2n) is 4.35. The third-order valence-electron chi connectivity index (χ3n) is 2.28. The molecule has 2 rings (SSSR count). The summed E-state index contributed by atoms with van der Waals surface area (Å²) >= 11 is 3.33. The van der Waals surface area contributed by atoms with E-state index in [0.717, 1.165) is 16.6 Å². The van der Waals surface area contributed by atoms with Crippen molar-refractivity contribution in [1.82, 2.24) is 20.3 Å². The fourth-order valence-electron chi connectivity index (χ4n) is 1.36. The molecule has 0 atom stereocenters. The molecule has 100 valence electrons. The van der Waals surface area contributed by atoms with Crippen LogP contribution < -0.4 is 10.1 Å². The van der Waals surface area contributed by atoms with Crippen molar-refractivity contribution in [2.24, 2.45) is 0 Å².